The highest BCUT2D eigenvalue weighted by Crippen LogP contribution is 2.50. The van der Waals surface area contributed by atoms with Gasteiger partial charge in [-0.05, 0) is 31.8 Å². The quantitative estimate of drug-likeness (QED) is 0.683. The molecule has 0 radical (unpaired) electrons. The van der Waals surface area contributed by atoms with Crippen LogP contribution in [0.3, 0.4) is 0 Å². The summed E-state index contributed by atoms with van der Waals surface area (Å²) in [6, 6.07) is 0.924. The molecule has 3 nitrogen and oxygen atoms in total. The third-order valence-corrected chi connectivity index (χ3v) is 4.96. The number of hydrogen-bond donors (Lipinski definition) is 0. The zero-order valence-corrected chi connectivity index (χ0v) is 10.8. The van der Waals surface area contributed by atoms with Gasteiger partial charge in [0, 0.05) is 45.3 Å². The van der Waals surface area contributed by atoms with Crippen LogP contribution < -0.4 is 0 Å². The van der Waals surface area contributed by atoms with Crippen molar-refractivity contribution in [3.63, 3.8) is 0 Å². The third-order valence-electron chi connectivity index (χ3n) is 4.96. The summed E-state index contributed by atoms with van der Waals surface area (Å²) in [6.45, 7) is 11.4. The highest BCUT2D eigenvalue weighted by molar-refractivity contribution is 5.07. The predicted octanol–water partition coefficient (Wildman–Crippen LogP) is 0.718. The summed E-state index contributed by atoms with van der Waals surface area (Å²) in [5.41, 5.74) is 0.754. The second-order valence-corrected chi connectivity index (χ2v) is 6.20. The lowest BCUT2D eigenvalue weighted by Crippen LogP contribution is -2.67. The van der Waals surface area contributed by atoms with Crippen molar-refractivity contribution in [3.8, 4) is 0 Å². The van der Waals surface area contributed by atoms with Gasteiger partial charge in [-0.1, -0.05) is 6.92 Å². The van der Waals surface area contributed by atoms with Gasteiger partial charge in [-0.15, -0.1) is 0 Å². The van der Waals surface area contributed by atoms with E-state index in [0.717, 1.165) is 11.5 Å². The van der Waals surface area contributed by atoms with Gasteiger partial charge in [0.1, 0.15) is 0 Å². The molecule has 1 aliphatic carbocycles. The molecular formula is C13H25N3. The Morgan fingerprint density at radius 1 is 1.06 bits per heavy atom. The third kappa shape index (κ3) is 1.79. The average Bonchev–Trinajstić information content (AvgIpc) is 2.17. The van der Waals surface area contributed by atoms with Gasteiger partial charge in [-0.25, -0.2) is 0 Å². The SMILES string of the molecule is CCN1CC2(CC(N3CCN(C)CC3)C2)C1. The molecular weight excluding hydrogens is 198 g/mol. The van der Waals surface area contributed by atoms with Crippen LogP contribution in [0, 0.1) is 5.41 Å². The molecule has 3 rings (SSSR count). The van der Waals surface area contributed by atoms with Crippen molar-refractivity contribution >= 4 is 0 Å². The Balaban J connectivity index is 1.44. The minimum absolute atomic E-state index is 0.754. The zero-order chi connectivity index (χ0) is 11.2. The number of piperazine rings is 1. The van der Waals surface area contributed by atoms with Crippen LogP contribution in [0.2, 0.25) is 0 Å². The first-order chi connectivity index (χ1) is 7.71. The van der Waals surface area contributed by atoms with E-state index in [2.05, 4.69) is 28.7 Å². The average molecular weight is 223 g/mol. The minimum Gasteiger partial charge on any atom is -0.304 e. The second-order valence-electron chi connectivity index (χ2n) is 6.20. The first kappa shape index (κ1) is 11.0. The Hall–Kier alpha value is -0.120. The molecule has 0 unspecified atom stereocenters. The molecule has 2 aliphatic heterocycles. The van der Waals surface area contributed by atoms with Gasteiger partial charge in [0.05, 0.1) is 0 Å². The lowest BCUT2D eigenvalue weighted by molar-refractivity contribution is -0.112. The van der Waals surface area contributed by atoms with Crippen LogP contribution in [0.4, 0.5) is 0 Å². The Morgan fingerprint density at radius 2 is 1.69 bits per heavy atom. The highest BCUT2D eigenvalue weighted by Gasteiger charge is 2.53. The van der Waals surface area contributed by atoms with Crippen molar-refractivity contribution in [1.29, 1.82) is 0 Å². The van der Waals surface area contributed by atoms with Gasteiger partial charge in [0.25, 0.3) is 0 Å². The summed E-state index contributed by atoms with van der Waals surface area (Å²) in [5, 5.41) is 0. The first-order valence-corrected chi connectivity index (χ1v) is 6.86. The molecule has 3 fully saturated rings. The predicted molar refractivity (Wildman–Crippen MR) is 66.6 cm³/mol. The van der Waals surface area contributed by atoms with Crippen LogP contribution in [-0.4, -0.2) is 73.6 Å². The molecule has 16 heavy (non-hydrogen) atoms. The van der Waals surface area contributed by atoms with E-state index in [-0.39, 0.29) is 0 Å². The molecule has 0 aromatic rings. The fraction of sp³-hybridized carbons (Fsp3) is 1.00. The van der Waals surface area contributed by atoms with Gasteiger partial charge >= 0.3 is 0 Å². The lowest BCUT2D eigenvalue weighted by atomic mass is 9.60. The fourth-order valence-corrected chi connectivity index (χ4v) is 3.77. The number of likely N-dealkylation sites (N-methyl/N-ethyl adjacent to an activating group) is 1. The number of likely N-dealkylation sites (tertiary alicyclic amines) is 1. The topological polar surface area (TPSA) is 9.72 Å². The van der Waals surface area contributed by atoms with Gasteiger partial charge in [0.2, 0.25) is 0 Å². The van der Waals surface area contributed by atoms with E-state index in [1.54, 1.807) is 0 Å². The van der Waals surface area contributed by atoms with Crippen LogP contribution in [-0.2, 0) is 0 Å². The van der Waals surface area contributed by atoms with E-state index in [0.29, 0.717) is 0 Å². The van der Waals surface area contributed by atoms with Crippen molar-refractivity contribution in [3.05, 3.63) is 0 Å². The smallest absolute Gasteiger partial charge is 0.0113 e. The van der Waals surface area contributed by atoms with E-state index < -0.39 is 0 Å². The Kier molecular flexibility index (Phi) is 2.73. The summed E-state index contributed by atoms with van der Waals surface area (Å²) in [7, 11) is 2.24. The monoisotopic (exact) mass is 223 g/mol. The van der Waals surface area contributed by atoms with Crippen LogP contribution in [0.5, 0.6) is 0 Å². The summed E-state index contributed by atoms with van der Waals surface area (Å²) >= 11 is 0. The summed E-state index contributed by atoms with van der Waals surface area (Å²) in [6.07, 6.45) is 2.96. The van der Waals surface area contributed by atoms with Gasteiger partial charge < -0.3 is 9.80 Å². The van der Waals surface area contributed by atoms with Crippen molar-refractivity contribution in [2.24, 2.45) is 5.41 Å². The van der Waals surface area contributed by atoms with Crippen LogP contribution in [0.1, 0.15) is 19.8 Å². The molecule has 0 N–H and O–H groups in total. The van der Waals surface area contributed by atoms with Crippen molar-refractivity contribution in [2.75, 3.05) is 52.9 Å². The molecule has 3 heteroatoms. The maximum Gasteiger partial charge on any atom is 0.0113 e. The summed E-state index contributed by atoms with van der Waals surface area (Å²) < 4.78 is 0. The highest BCUT2D eigenvalue weighted by atomic mass is 15.3. The van der Waals surface area contributed by atoms with Crippen molar-refractivity contribution in [1.82, 2.24) is 14.7 Å². The molecule has 0 bridgehead atoms. The van der Waals surface area contributed by atoms with Crippen molar-refractivity contribution in [2.45, 2.75) is 25.8 Å². The van der Waals surface area contributed by atoms with E-state index in [9.17, 15) is 0 Å². The summed E-state index contributed by atoms with van der Waals surface area (Å²) in [5.74, 6) is 0. The van der Waals surface area contributed by atoms with E-state index in [1.807, 2.05) is 0 Å². The molecule has 2 saturated heterocycles. The molecule has 92 valence electrons. The maximum absolute atomic E-state index is 2.74. The van der Waals surface area contributed by atoms with E-state index in [4.69, 9.17) is 0 Å². The zero-order valence-electron chi connectivity index (χ0n) is 10.8. The largest absolute Gasteiger partial charge is 0.304 e. The number of rotatable bonds is 2. The molecule has 0 atom stereocenters. The normalized spacial score (nSPS) is 32.6. The maximum atomic E-state index is 2.74. The molecule has 2 heterocycles. The Morgan fingerprint density at radius 3 is 2.25 bits per heavy atom. The number of hydrogen-bond acceptors (Lipinski definition) is 3. The molecule has 1 saturated carbocycles. The lowest BCUT2D eigenvalue weighted by Gasteiger charge is -2.61. The van der Waals surface area contributed by atoms with Gasteiger partial charge in [0.15, 0.2) is 0 Å². The second kappa shape index (κ2) is 3.97. The van der Waals surface area contributed by atoms with Crippen molar-refractivity contribution < 1.29 is 0 Å². The van der Waals surface area contributed by atoms with E-state index >= 15 is 0 Å². The van der Waals surface area contributed by atoms with Crippen LogP contribution in [0.25, 0.3) is 0 Å². The molecule has 1 spiro atoms. The number of nitrogens with zero attached hydrogens (tertiary/aromatic N) is 3. The standard InChI is InChI=1S/C13H25N3/c1-3-15-10-13(11-15)8-12(9-13)16-6-4-14(2)5-7-16/h12H,3-11H2,1-2H3. The van der Waals surface area contributed by atoms with Gasteiger partial charge in [-0.3, -0.25) is 4.90 Å². The Bertz CT molecular complexity index is 244. The van der Waals surface area contributed by atoms with Gasteiger partial charge in [-0.2, -0.15) is 0 Å². The Labute approximate surface area is 99.4 Å². The van der Waals surface area contributed by atoms with Crippen LogP contribution >= 0.6 is 0 Å². The molecule has 0 aromatic carbocycles. The van der Waals surface area contributed by atoms with Crippen LogP contribution in [0.15, 0.2) is 0 Å². The molecule has 0 aromatic heterocycles. The molecule has 3 aliphatic rings. The van der Waals surface area contributed by atoms with E-state index in [1.165, 1.54) is 58.7 Å². The summed E-state index contributed by atoms with van der Waals surface area (Å²) in [4.78, 5) is 7.77. The molecule has 0 amide bonds. The fourth-order valence-electron chi connectivity index (χ4n) is 3.77. The minimum atomic E-state index is 0.754. The first-order valence-electron chi connectivity index (χ1n) is 6.86.